The molecule has 0 unspecified atom stereocenters. The summed E-state index contributed by atoms with van der Waals surface area (Å²) in [4.78, 5) is 13.3. The summed E-state index contributed by atoms with van der Waals surface area (Å²) in [6, 6.07) is 11.7. The average molecular weight is 365 g/mol. The summed E-state index contributed by atoms with van der Waals surface area (Å²) in [6.45, 7) is 2.72. The zero-order chi connectivity index (χ0) is 17.3. The molecular formula is C17H17ClN2O3S. The number of fused-ring (bicyclic) bond motifs is 1. The molecule has 0 spiro atoms. The fourth-order valence-electron chi connectivity index (χ4n) is 2.76. The van der Waals surface area contributed by atoms with Gasteiger partial charge in [-0.25, -0.2) is 8.42 Å². The predicted octanol–water partition coefficient (Wildman–Crippen LogP) is 3.05. The SMILES string of the molecule is CC(=O)N1CCc2ccc(NS(=O)(=O)c3ccccc3Cl)cc2C1. The zero-order valence-corrected chi connectivity index (χ0v) is 14.7. The molecule has 2 aromatic rings. The van der Waals surface area contributed by atoms with Gasteiger partial charge in [0.25, 0.3) is 10.0 Å². The number of nitrogens with zero attached hydrogens (tertiary/aromatic N) is 1. The molecule has 0 fully saturated rings. The van der Waals surface area contributed by atoms with Crippen LogP contribution in [-0.2, 0) is 27.8 Å². The Bertz CT molecular complexity index is 896. The molecule has 2 aromatic carbocycles. The summed E-state index contributed by atoms with van der Waals surface area (Å²) >= 11 is 5.98. The Labute approximate surface area is 146 Å². The highest BCUT2D eigenvalue weighted by atomic mass is 35.5. The van der Waals surface area contributed by atoms with Gasteiger partial charge >= 0.3 is 0 Å². The van der Waals surface area contributed by atoms with E-state index in [9.17, 15) is 13.2 Å². The second kappa shape index (κ2) is 6.45. The molecule has 0 aliphatic carbocycles. The van der Waals surface area contributed by atoms with Crippen molar-refractivity contribution in [2.75, 3.05) is 11.3 Å². The maximum atomic E-state index is 12.5. The molecular weight excluding hydrogens is 348 g/mol. The van der Waals surface area contributed by atoms with Gasteiger partial charge in [0.15, 0.2) is 0 Å². The summed E-state index contributed by atoms with van der Waals surface area (Å²) < 4.78 is 27.6. The Morgan fingerprint density at radius 3 is 2.62 bits per heavy atom. The normalized spacial score (nSPS) is 14.2. The van der Waals surface area contributed by atoms with Gasteiger partial charge in [0.1, 0.15) is 4.90 Å². The molecule has 24 heavy (non-hydrogen) atoms. The van der Waals surface area contributed by atoms with Crippen molar-refractivity contribution in [3.05, 3.63) is 58.6 Å². The van der Waals surface area contributed by atoms with Crippen LogP contribution < -0.4 is 4.72 Å². The van der Waals surface area contributed by atoms with E-state index in [1.807, 2.05) is 6.07 Å². The van der Waals surface area contributed by atoms with Crippen LogP contribution in [0.2, 0.25) is 5.02 Å². The molecule has 0 saturated carbocycles. The fourth-order valence-corrected chi connectivity index (χ4v) is 4.33. The summed E-state index contributed by atoms with van der Waals surface area (Å²) in [5.41, 5.74) is 2.54. The first kappa shape index (κ1) is 16.8. The summed E-state index contributed by atoms with van der Waals surface area (Å²) in [5.74, 6) is 0.0164. The maximum Gasteiger partial charge on any atom is 0.263 e. The van der Waals surface area contributed by atoms with Gasteiger partial charge in [0, 0.05) is 25.7 Å². The topological polar surface area (TPSA) is 66.5 Å². The highest BCUT2D eigenvalue weighted by Crippen LogP contribution is 2.26. The minimum Gasteiger partial charge on any atom is -0.338 e. The van der Waals surface area contributed by atoms with Crippen molar-refractivity contribution in [3.63, 3.8) is 0 Å². The minimum absolute atomic E-state index is 0.0164. The van der Waals surface area contributed by atoms with Crippen LogP contribution in [0.1, 0.15) is 18.1 Å². The van der Waals surface area contributed by atoms with Crippen LogP contribution in [-0.4, -0.2) is 25.8 Å². The summed E-state index contributed by atoms with van der Waals surface area (Å²) in [6.07, 6.45) is 0.770. The summed E-state index contributed by atoms with van der Waals surface area (Å²) in [7, 11) is -3.76. The van der Waals surface area contributed by atoms with E-state index < -0.39 is 10.0 Å². The Balaban J connectivity index is 1.88. The third-order valence-electron chi connectivity index (χ3n) is 4.04. The lowest BCUT2D eigenvalue weighted by molar-refractivity contribution is -0.129. The molecule has 0 atom stereocenters. The van der Waals surface area contributed by atoms with E-state index in [1.165, 1.54) is 19.1 Å². The first-order valence-corrected chi connectivity index (χ1v) is 9.37. The molecule has 1 heterocycles. The average Bonchev–Trinajstić information content (AvgIpc) is 2.54. The van der Waals surface area contributed by atoms with E-state index in [-0.39, 0.29) is 15.8 Å². The fraction of sp³-hybridized carbons (Fsp3) is 0.235. The third kappa shape index (κ3) is 3.39. The molecule has 1 aliphatic rings. The van der Waals surface area contributed by atoms with Crippen LogP contribution in [0.3, 0.4) is 0 Å². The quantitative estimate of drug-likeness (QED) is 0.910. The number of hydrogen-bond acceptors (Lipinski definition) is 3. The molecule has 1 amide bonds. The van der Waals surface area contributed by atoms with Gasteiger partial charge in [0.05, 0.1) is 5.02 Å². The van der Waals surface area contributed by atoms with Crippen molar-refractivity contribution in [1.82, 2.24) is 4.90 Å². The van der Waals surface area contributed by atoms with Crippen LogP contribution >= 0.6 is 11.6 Å². The number of sulfonamides is 1. The van der Waals surface area contributed by atoms with Gasteiger partial charge in [-0.15, -0.1) is 0 Å². The number of nitrogens with one attached hydrogen (secondary N) is 1. The molecule has 126 valence electrons. The van der Waals surface area contributed by atoms with E-state index in [0.717, 1.165) is 17.5 Å². The van der Waals surface area contributed by atoms with E-state index in [0.29, 0.717) is 18.8 Å². The Kier molecular flexibility index (Phi) is 4.51. The second-order valence-electron chi connectivity index (χ2n) is 5.71. The predicted molar refractivity (Wildman–Crippen MR) is 93.5 cm³/mol. The lowest BCUT2D eigenvalue weighted by Gasteiger charge is -2.28. The van der Waals surface area contributed by atoms with E-state index in [2.05, 4.69) is 4.72 Å². The van der Waals surface area contributed by atoms with Crippen molar-refractivity contribution in [2.45, 2.75) is 24.8 Å². The highest BCUT2D eigenvalue weighted by Gasteiger charge is 2.21. The molecule has 3 rings (SSSR count). The first-order valence-electron chi connectivity index (χ1n) is 7.51. The number of rotatable bonds is 3. The van der Waals surface area contributed by atoms with Gasteiger partial charge in [-0.2, -0.15) is 0 Å². The van der Waals surface area contributed by atoms with Crippen LogP contribution in [0.4, 0.5) is 5.69 Å². The minimum atomic E-state index is -3.76. The summed E-state index contributed by atoms with van der Waals surface area (Å²) in [5, 5.41) is 0.172. The van der Waals surface area contributed by atoms with Gasteiger partial charge in [-0.05, 0) is 41.8 Å². The van der Waals surface area contributed by atoms with E-state index in [4.69, 9.17) is 11.6 Å². The lowest BCUT2D eigenvalue weighted by Crippen LogP contribution is -2.34. The van der Waals surface area contributed by atoms with Crippen LogP contribution in [0, 0.1) is 0 Å². The first-order chi connectivity index (χ1) is 11.4. The lowest BCUT2D eigenvalue weighted by atomic mass is 9.99. The number of carbonyl (C=O) groups excluding carboxylic acids is 1. The molecule has 1 aliphatic heterocycles. The smallest absolute Gasteiger partial charge is 0.263 e. The highest BCUT2D eigenvalue weighted by molar-refractivity contribution is 7.92. The van der Waals surface area contributed by atoms with E-state index in [1.54, 1.807) is 29.2 Å². The standard InChI is InChI=1S/C17H17ClN2O3S/c1-12(21)20-9-8-13-6-7-15(10-14(13)11-20)19-24(22,23)17-5-3-2-4-16(17)18/h2-7,10,19H,8-9,11H2,1H3. The number of halogens is 1. The maximum absolute atomic E-state index is 12.5. The molecule has 5 nitrogen and oxygen atoms in total. The van der Waals surface area contributed by atoms with Gasteiger partial charge in [0.2, 0.25) is 5.91 Å². The number of anilines is 1. The molecule has 1 N–H and O–H groups in total. The monoisotopic (exact) mass is 364 g/mol. The molecule has 7 heteroatoms. The largest absolute Gasteiger partial charge is 0.338 e. The number of amides is 1. The van der Waals surface area contributed by atoms with Crippen molar-refractivity contribution in [1.29, 1.82) is 0 Å². The van der Waals surface area contributed by atoms with Crippen LogP contribution in [0.25, 0.3) is 0 Å². The Morgan fingerprint density at radius 2 is 1.92 bits per heavy atom. The third-order valence-corrected chi connectivity index (χ3v) is 5.92. The van der Waals surface area contributed by atoms with E-state index >= 15 is 0 Å². The second-order valence-corrected chi connectivity index (χ2v) is 7.77. The van der Waals surface area contributed by atoms with Crippen LogP contribution in [0.5, 0.6) is 0 Å². The van der Waals surface area contributed by atoms with Gasteiger partial charge in [-0.3, -0.25) is 9.52 Å². The zero-order valence-electron chi connectivity index (χ0n) is 13.1. The molecule has 0 radical (unpaired) electrons. The van der Waals surface area contributed by atoms with Crippen molar-refractivity contribution >= 4 is 33.2 Å². The van der Waals surface area contributed by atoms with Gasteiger partial charge < -0.3 is 4.90 Å². The number of carbonyl (C=O) groups is 1. The molecule has 0 bridgehead atoms. The Hall–Kier alpha value is -2.05. The Morgan fingerprint density at radius 1 is 1.17 bits per heavy atom. The molecule has 0 saturated heterocycles. The van der Waals surface area contributed by atoms with Gasteiger partial charge in [-0.1, -0.05) is 29.8 Å². The molecule has 0 aromatic heterocycles. The van der Waals surface area contributed by atoms with Crippen molar-refractivity contribution < 1.29 is 13.2 Å². The van der Waals surface area contributed by atoms with Crippen molar-refractivity contribution in [3.8, 4) is 0 Å². The van der Waals surface area contributed by atoms with Crippen LogP contribution in [0.15, 0.2) is 47.4 Å². The number of hydrogen-bond donors (Lipinski definition) is 1. The van der Waals surface area contributed by atoms with Crippen molar-refractivity contribution in [2.24, 2.45) is 0 Å². The number of benzene rings is 2.